The van der Waals surface area contributed by atoms with Crippen LogP contribution in [-0.4, -0.2) is 199 Å². The van der Waals surface area contributed by atoms with Crippen LogP contribution in [0.15, 0.2) is 202 Å². The Hall–Kier alpha value is -15.7. The lowest BCUT2D eigenvalue weighted by atomic mass is 9.95. The number of pyridine rings is 8. The summed E-state index contributed by atoms with van der Waals surface area (Å²) in [6, 6.07) is 35.3. The van der Waals surface area contributed by atoms with Crippen LogP contribution in [0.25, 0.3) is 178 Å². The van der Waals surface area contributed by atoms with Crippen molar-refractivity contribution >= 4 is 128 Å². The number of piperidine rings is 4. The number of aromatic nitrogens is 24. The van der Waals surface area contributed by atoms with Crippen molar-refractivity contribution in [1.29, 1.82) is 0 Å². The van der Waals surface area contributed by atoms with E-state index >= 15 is 0 Å². The molecule has 0 saturated carbocycles. The molecule has 20 aromatic rings. The minimum Gasteiger partial charge on any atom is -0.376 e. The van der Waals surface area contributed by atoms with Crippen LogP contribution in [0.3, 0.4) is 0 Å². The van der Waals surface area contributed by atoms with E-state index in [-0.39, 0.29) is 5.91 Å². The molecule has 16 aromatic heterocycles. The monoisotopic (exact) mass is 1780 g/mol. The van der Waals surface area contributed by atoms with Gasteiger partial charge in [0.2, 0.25) is 5.91 Å². The van der Waals surface area contributed by atoms with Crippen molar-refractivity contribution in [2.45, 2.75) is 111 Å². The van der Waals surface area contributed by atoms with E-state index in [1.807, 2.05) is 140 Å². The largest absolute Gasteiger partial charge is 0.376 e. The first-order chi connectivity index (χ1) is 65.7. The number of rotatable bonds is 17. The van der Waals surface area contributed by atoms with Gasteiger partial charge >= 0.3 is 0 Å². The second-order valence-corrected chi connectivity index (χ2v) is 36.2. The molecule has 20 heterocycles. The van der Waals surface area contributed by atoms with E-state index < -0.39 is 5.41 Å². The molecule has 1 amide bonds. The average molecular weight is 1780 g/mol. The molecule has 134 heavy (non-hydrogen) atoms. The minimum atomic E-state index is -0.490. The fourth-order valence-electron chi connectivity index (χ4n) is 18.4. The van der Waals surface area contributed by atoms with Crippen molar-refractivity contribution in [2.75, 3.05) is 103 Å². The molecule has 24 rings (SSSR count). The maximum atomic E-state index is 12.5. The lowest BCUT2D eigenvalue weighted by molar-refractivity contribution is -0.123. The Morgan fingerprint density at radius 1 is 0.351 bits per heavy atom. The molecule has 4 aromatic carbocycles. The van der Waals surface area contributed by atoms with Crippen LogP contribution in [0.1, 0.15) is 110 Å². The average Bonchev–Trinajstić information content (AvgIpc) is 1.63. The predicted molar refractivity (Wildman–Crippen MR) is 533 cm³/mol. The van der Waals surface area contributed by atoms with Crippen molar-refractivity contribution in [3.63, 3.8) is 0 Å². The van der Waals surface area contributed by atoms with E-state index in [0.717, 1.165) is 266 Å². The Bertz CT molecular complexity index is 7610. The predicted octanol–water partition coefficient (Wildman–Crippen LogP) is 19.4. The molecular weight excluding hydrogens is 1680 g/mol. The quantitative estimate of drug-likeness (QED) is 0.0405. The van der Waals surface area contributed by atoms with Crippen LogP contribution >= 0.6 is 0 Å². The Morgan fingerprint density at radius 2 is 0.687 bits per heavy atom. The first kappa shape index (κ1) is 85.1. The zero-order valence-corrected chi connectivity index (χ0v) is 75.9. The zero-order valence-electron chi connectivity index (χ0n) is 75.9. The highest BCUT2D eigenvalue weighted by Crippen LogP contribution is 2.41. The number of nitrogens with zero attached hydrogens (tertiary/aromatic N) is 21. The summed E-state index contributed by atoms with van der Waals surface area (Å²) in [6.45, 7) is 17.9. The van der Waals surface area contributed by atoms with Gasteiger partial charge in [0.05, 0.1) is 140 Å². The van der Waals surface area contributed by atoms with Crippen LogP contribution in [-0.2, 0) is 11.3 Å². The number of hydrogen-bond acceptors (Lipinski definition) is 23. The molecule has 32 nitrogen and oxygen atoms in total. The number of benzene rings is 4. The third-order valence-electron chi connectivity index (χ3n) is 25.7. The summed E-state index contributed by atoms with van der Waals surface area (Å²) in [6.07, 6.45) is 44.6. The molecule has 4 aliphatic rings. The second kappa shape index (κ2) is 37.3. The van der Waals surface area contributed by atoms with Crippen molar-refractivity contribution in [2.24, 2.45) is 5.41 Å². The van der Waals surface area contributed by atoms with Gasteiger partial charge in [-0.2, -0.15) is 20.4 Å². The van der Waals surface area contributed by atoms with Crippen LogP contribution in [0.4, 0.5) is 34.1 Å². The third-order valence-corrected chi connectivity index (χ3v) is 25.7. The fourth-order valence-corrected chi connectivity index (χ4v) is 18.4. The number of amides is 1. The molecule has 0 radical (unpaired) electrons. The maximum absolute atomic E-state index is 12.5. The topological polar surface area (TPSA) is 390 Å². The summed E-state index contributed by atoms with van der Waals surface area (Å²) in [4.78, 5) is 93.1. The molecule has 0 bridgehead atoms. The van der Waals surface area contributed by atoms with Crippen molar-refractivity contribution in [3.05, 3.63) is 208 Å². The Balaban J connectivity index is 0.000000108. The van der Waals surface area contributed by atoms with Crippen LogP contribution < -0.4 is 35.1 Å². The molecule has 674 valence electrons. The lowest BCUT2D eigenvalue weighted by Crippen LogP contribution is -2.29. The van der Waals surface area contributed by atoms with Crippen LogP contribution in [0.2, 0.25) is 0 Å². The van der Waals surface area contributed by atoms with Gasteiger partial charge in [-0.05, 0) is 184 Å². The molecule has 4 fully saturated rings. The number of carbonyl (C=O) groups is 1. The minimum absolute atomic E-state index is 0.0534. The van der Waals surface area contributed by atoms with E-state index in [1.54, 1.807) is 18.6 Å². The summed E-state index contributed by atoms with van der Waals surface area (Å²) in [5, 5.41) is 41.3. The molecule has 32 heteroatoms. The zero-order chi connectivity index (χ0) is 90.8. The Morgan fingerprint density at radius 3 is 1.04 bits per heavy atom. The number of imidazole rings is 4. The van der Waals surface area contributed by atoms with E-state index in [4.69, 9.17) is 19.9 Å². The summed E-state index contributed by atoms with van der Waals surface area (Å²) < 4.78 is 0. The van der Waals surface area contributed by atoms with Crippen molar-refractivity contribution in [3.8, 4) is 90.6 Å². The van der Waals surface area contributed by atoms with Gasteiger partial charge in [0.25, 0.3) is 0 Å². The van der Waals surface area contributed by atoms with Crippen molar-refractivity contribution in [1.82, 2.24) is 126 Å². The van der Waals surface area contributed by atoms with E-state index in [2.05, 4.69) is 222 Å². The number of H-pyrrole nitrogens is 8. The summed E-state index contributed by atoms with van der Waals surface area (Å²) >= 11 is 0. The van der Waals surface area contributed by atoms with Crippen LogP contribution in [0.5, 0.6) is 0 Å². The molecule has 4 aliphatic heterocycles. The maximum Gasteiger partial charge on any atom is 0.229 e. The standard InChI is InChI=1S/C28H30N8O.C26H28N8.C25H26N8.C23H21N7/c1-28(2,3)27(37)31-19-11-18(13-29-14-19)17-7-8-21-20(12-17)24(35-34-21)26-32-22-15-30-16-23(25(22)33-26)36-9-5-4-6-10-36;1-2-27-12-17-10-19(14-28-13-17)18-6-7-21-20(11-18)24(33-32-21)26-30-22-15-29-16-23(25(22)31-26)34-8-4-3-5-9-34;1-32(2)18-10-17(12-26-13-18)16-6-7-20-19(11-16)23(31-30-20)25-28-21-14-27-15-22(24(21)29-25)33-8-4-3-5-9-33;1-2-9-30(10-3-1)20-14-25-13-19-22(20)27-23(26-19)21-17-11-15(6-7-18(17)28-29-21)16-5-4-8-24-12-16/h7-8,11-16H,4-6,9-10H2,1-3H3,(H,31,37)(H,32,33)(H,34,35);6-7,10-11,13-16,27H,2-5,8-9,12H2,1H3,(H,30,31)(H,32,33);6-7,10-15H,3-5,8-9H2,1-2H3,(H,28,29)(H,30,31);4-8,11-14H,1-3,9-10H2,(H,26,27)(H,28,29). The highest BCUT2D eigenvalue weighted by atomic mass is 16.2. The van der Waals surface area contributed by atoms with E-state index in [9.17, 15) is 4.79 Å². The van der Waals surface area contributed by atoms with Gasteiger partial charge in [-0.25, -0.2) is 19.9 Å². The fraction of sp³-hybridized carbons (Fsp3) is 0.284. The summed E-state index contributed by atoms with van der Waals surface area (Å²) in [7, 11) is 4.04. The lowest BCUT2D eigenvalue weighted by Gasteiger charge is -2.28. The molecule has 0 atom stereocenters. The summed E-state index contributed by atoms with van der Waals surface area (Å²) in [5.41, 5.74) is 29.7. The number of fused-ring (bicyclic) bond motifs is 8. The number of anilines is 6. The summed E-state index contributed by atoms with van der Waals surface area (Å²) in [5.74, 6) is 2.91. The van der Waals surface area contributed by atoms with Gasteiger partial charge in [0.1, 0.15) is 44.8 Å². The van der Waals surface area contributed by atoms with Gasteiger partial charge in [-0.3, -0.25) is 65.1 Å². The third kappa shape index (κ3) is 17.6. The first-order valence-electron chi connectivity index (χ1n) is 46.4. The second-order valence-electron chi connectivity index (χ2n) is 36.2. The molecule has 4 saturated heterocycles. The number of carbonyl (C=O) groups excluding carboxylic acids is 1. The number of aromatic amines is 8. The normalized spacial score (nSPS) is 14.4. The number of nitrogens with one attached hydrogen (secondary N) is 10. The SMILES string of the molecule is CC(C)(C)C(=O)Nc1cncc(-c2ccc3[nH]nc(-c4nc5c(N6CCCCC6)cncc5[nH]4)c3c2)c1.CCNCc1cncc(-c2ccc3[nH]nc(-c4nc5c(N6CCCCC6)cncc5[nH]4)c3c2)c1.CN(C)c1cncc(-c2ccc3[nH]nc(-c4nc5c(N6CCCCC6)cncc5[nH]4)c3c2)c1.c1cncc(-c2ccc3[nH]nc(-c4nc5c(N6CCCCC6)cncc5[nH]4)c3c2)c1. The van der Waals surface area contributed by atoms with Crippen LogP contribution in [0, 0.1) is 5.41 Å². The van der Waals surface area contributed by atoms with Gasteiger partial charge in [0.15, 0.2) is 23.3 Å². The van der Waals surface area contributed by atoms with Gasteiger partial charge in [-0.1, -0.05) is 58.0 Å². The highest BCUT2D eigenvalue weighted by molar-refractivity contribution is 6.03. The Kier molecular flexibility index (Phi) is 23.7. The van der Waals surface area contributed by atoms with Gasteiger partial charge < -0.3 is 55.1 Å². The van der Waals surface area contributed by atoms with Gasteiger partial charge in [-0.15, -0.1) is 0 Å². The smallest absolute Gasteiger partial charge is 0.229 e. The first-order valence-corrected chi connectivity index (χ1v) is 46.4. The number of hydrogen-bond donors (Lipinski definition) is 10. The molecule has 0 unspecified atom stereocenters. The van der Waals surface area contributed by atoms with Crippen molar-refractivity contribution < 1.29 is 4.79 Å². The molecule has 10 N–H and O–H groups in total. The van der Waals surface area contributed by atoms with E-state index in [0.29, 0.717) is 11.5 Å². The van der Waals surface area contributed by atoms with E-state index in [1.165, 1.54) is 82.6 Å². The molecular formula is C102H105N31O. The molecule has 0 spiro atoms. The van der Waals surface area contributed by atoms with Gasteiger partial charge in [0, 0.05) is 159 Å². The Labute approximate surface area is 772 Å². The highest BCUT2D eigenvalue weighted by Gasteiger charge is 2.28. The molecule has 0 aliphatic carbocycles.